The number of carbonyl (C=O) groups is 2. The van der Waals surface area contributed by atoms with E-state index in [-0.39, 0.29) is 21.1 Å². The van der Waals surface area contributed by atoms with Gasteiger partial charge < -0.3 is 19.8 Å². The summed E-state index contributed by atoms with van der Waals surface area (Å²) in [4.78, 5) is 18.8. The zero-order chi connectivity index (χ0) is 16.9. The summed E-state index contributed by atoms with van der Waals surface area (Å²) in [6.07, 6.45) is 0.769. The summed E-state index contributed by atoms with van der Waals surface area (Å²) in [7, 11) is 0. The summed E-state index contributed by atoms with van der Waals surface area (Å²) >= 11 is -0.258. The third kappa shape index (κ3) is 10.3. The van der Waals surface area contributed by atoms with Crippen LogP contribution in [0.25, 0.3) is 0 Å². The quantitative estimate of drug-likeness (QED) is 0.497. The summed E-state index contributed by atoms with van der Waals surface area (Å²) in [6, 6.07) is 21.7. The van der Waals surface area contributed by atoms with E-state index in [9.17, 15) is 19.8 Å². The maximum absolute atomic E-state index is 9.41. The molecule has 0 N–H and O–H groups in total. The molecule has 23 heavy (non-hydrogen) atoms. The Labute approximate surface area is 145 Å². The van der Waals surface area contributed by atoms with Crippen LogP contribution in [0.1, 0.15) is 11.1 Å². The van der Waals surface area contributed by atoms with E-state index in [1.165, 1.54) is 20.0 Å². The van der Waals surface area contributed by atoms with Crippen molar-refractivity contribution < 1.29 is 19.8 Å². The Morgan fingerprint density at radius 3 is 1.39 bits per heavy atom. The Balaban J connectivity index is 0.000000284. The summed E-state index contributed by atoms with van der Waals surface area (Å²) in [5.74, 6) is -3.09. The first-order valence-electron chi connectivity index (χ1n) is 6.96. The molecule has 0 saturated carbocycles. The van der Waals surface area contributed by atoms with E-state index >= 15 is 0 Å². The molecule has 0 atom stereocenters. The van der Waals surface area contributed by atoms with Gasteiger partial charge in [-0.15, -0.1) is 0 Å². The summed E-state index contributed by atoms with van der Waals surface area (Å²) in [5, 5.41) is 18.8. The minimum absolute atomic E-state index is 0.258. The van der Waals surface area contributed by atoms with Gasteiger partial charge >= 0.3 is 102 Å². The number of hydrogen-bond donors (Lipinski definition) is 0. The Morgan fingerprint density at radius 1 is 0.739 bits per heavy atom. The molecule has 0 aliphatic rings. The molecule has 2 rings (SSSR count). The molecule has 0 bridgehead atoms. The maximum atomic E-state index is 9.41. The van der Waals surface area contributed by atoms with E-state index in [4.69, 9.17) is 0 Å². The van der Waals surface area contributed by atoms with Gasteiger partial charge in [0.1, 0.15) is 0 Å². The topological polar surface area (TPSA) is 80.3 Å². The monoisotopic (exact) mass is 416 g/mol. The van der Waals surface area contributed by atoms with Crippen molar-refractivity contribution in [1.29, 1.82) is 0 Å². The molecule has 5 heteroatoms. The van der Waals surface area contributed by atoms with E-state index in [0.29, 0.717) is 12.2 Å². The second-order valence-electron chi connectivity index (χ2n) is 4.55. The van der Waals surface area contributed by atoms with Gasteiger partial charge in [-0.2, -0.15) is 0 Å². The molecule has 2 aromatic carbocycles. The molecule has 0 fully saturated rings. The van der Waals surface area contributed by atoms with Crippen LogP contribution >= 0.6 is 0 Å². The van der Waals surface area contributed by atoms with Gasteiger partial charge in [-0.1, -0.05) is 0 Å². The molecule has 0 radical (unpaired) electrons. The van der Waals surface area contributed by atoms with Crippen molar-refractivity contribution in [2.24, 2.45) is 0 Å². The third-order valence-corrected chi connectivity index (χ3v) is 6.46. The van der Waals surface area contributed by atoms with Crippen LogP contribution in [0.15, 0.2) is 72.8 Å². The van der Waals surface area contributed by atoms with Crippen molar-refractivity contribution in [2.45, 2.75) is 8.87 Å². The zero-order valence-corrected chi connectivity index (χ0v) is 15.3. The van der Waals surface area contributed by atoms with E-state index in [1.807, 2.05) is 0 Å². The summed E-state index contributed by atoms with van der Waals surface area (Å²) in [5.41, 5.74) is 3.03. The molecule has 0 aliphatic carbocycles. The molecule has 0 amide bonds. The van der Waals surface area contributed by atoms with Gasteiger partial charge in [-0.3, -0.25) is 0 Å². The Morgan fingerprint density at radius 2 is 1.09 bits per heavy atom. The molecule has 0 heterocycles. The fourth-order valence-electron chi connectivity index (χ4n) is 1.68. The molecule has 0 saturated heterocycles. The number of hydrogen-bond acceptors (Lipinski definition) is 4. The van der Waals surface area contributed by atoms with Crippen LogP contribution in [0.2, 0.25) is 0 Å². The number of carboxylic acids is 2. The SMILES string of the molecule is O=C([O-])C=CC(=O)[O-].c1ccc([CH2][Sn+2][CH2]c2ccccc2)cc1. The molecule has 0 aliphatic heterocycles. The van der Waals surface area contributed by atoms with Crippen LogP contribution < -0.4 is 10.2 Å². The van der Waals surface area contributed by atoms with Crippen LogP contribution in [-0.4, -0.2) is 33.1 Å². The van der Waals surface area contributed by atoms with Gasteiger partial charge in [0.15, 0.2) is 0 Å². The minimum atomic E-state index is -1.55. The van der Waals surface area contributed by atoms with E-state index < -0.39 is 11.9 Å². The first-order valence-corrected chi connectivity index (χ1v) is 11.0. The fraction of sp³-hybridized carbons (Fsp3) is 0.111. The van der Waals surface area contributed by atoms with E-state index in [2.05, 4.69) is 60.7 Å². The Hall–Kier alpha value is -2.08. The van der Waals surface area contributed by atoms with Gasteiger partial charge in [0.2, 0.25) is 0 Å². The predicted octanol–water partition coefficient (Wildman–Crippen LogP) is 0.133. The average Bonchev–Trinajstić information content (AvgIpc) is 2.56. The number of aliphatic carboxylic acids is 2. The molecule has 0 aromatic heterocycles. The van der Waals surface area contributed by atoms with Crippen molar-refractivity contribution in [2.75, 3.05) is 0 Å². The fourth-order valence-corrected chi connectivity index (χ4v) is 5.03. The van der Waals surface area contributed by atoms with Crippen LogP contribution in [0.5, 0.6) is 0 Å². The van der Waals surface area contributed by atoms with Gasteiger partial charge in [0.05, 0.1) is 11.9 Å². The van der Waals surface area contributed by atoms with Crippen LogP contribution in [-0.2, 0) is 18.5 Å². The number of rotatable bonds is 6. The van der Waals surface area contributed by atoms with Gasteiger partial charge in [-0.05, 0) is 12.2 Å². The molecule has 4 nitrogen and oxygen atoms in total. The van der Waals surface area contributed by atoms with Gasteiger partial charge in [0, 0.05) is 0 Å². The van der Waals surface area contributed by atoms with Crippen molar-refractivity contribution in [3.8, 4) is 0 Å². The second kappa shape index (κ2) is 11.5. The van der Waals surface area contributed by atoms with Crippen molar-refractivity contribution in [1.82, 2.24) is 0 Å². The number of carbonyl (C=O) groups excluding carboxylic acids is 2. The zero-order valence-electron chi connectivity index (χ0n) is 12.5. The Bertz CT molecular complexity index is 568. The van der Waals surface area contributed by atoms with Crippen LogP contribution in [0.4, 0.5) is 0 Å². The van der Waals surface area contributed by atoms with Crippen molar-refractivity contribution >= 4 is 33.1 Å². The van der Waals surface area contributed by atoms with Crippen molar-refractivity contribution in [3.63, 3.8) is 0 Å². The number of benzene rings is 2. The molecule has 0 spiro atoms. The molecular formula is C18H16O4Sn. The first-order chi connectivity index (χ1) is 11.1. The summed E-state index contributed by atoms with van der Waals surface area (Å²) < 4.78 is 2.69. The molecule has 116 valence electrons. The second-order valence-corrected chi connectivity index (χ2v) is 7.99. The van der Waals surface area contributed by atoms with E-state index in [1.54, 1.807) is 0 Å². The summed E-state index contributed by atoms with van der Waals surface area (Å²) in [6.45, 7) is 0. The Kier molecular flexibility index (Phi) is 9.47. The molecule has 0 unspecified atom stereocenters. The molecular weight excluding hydrogens is 399 g/mol. The number of carboxylic acid groups (broad SMARTS) is 2. The van der Waals surface area contributed by atoms with Crippen LogP contribution in [0, 0.1) is 0 Å². The normalized spacial score (nSPS) is 9.57. The third-order valence-electron chi connectivity index (χ3n) is 2.70. The van der Waals surface area contributed by atoms with E-state index in [0.717, 1.165) is 0 Å². The van der Waals surface area contributed by atoms with Crippen LogP contribution in [0.3, 0.4) is 0 Å². The standard InChI is InChI=1S/2C7H7.C4H4O4.Sn/c2*1-7-5-3-2-4-6-7;5-3(6)1-2-4(7)8;/h2*2-6H,1H2;1-2H,(H,5,6)(H,7,8);/q;;;+2/p-2. The van der Waals surface area contributed by atoms with Gasteiger partial charge in [0.25, 0.3) is 0 Å². The first kappa shape index (κ1) is 19.0. The van der Waals surface area contributed by atoms with Gasteiger partial charge in [-0.25, -0.2) is 0 Å². The molecule has 2 aromatic rings. The average molecular weight is 415 g/mol. The van der Waals surface area contributed by atoms with Crippen molar-refractivity contribution in [3.05, 3.63) is 83.9 Å². The predicted molar refractivity (Wildman–Crippen MR) is 85.2 cm³/mol.